The first kappa shape index (κ1) is 12.1. The highest BCUT2D eigenvalue weighted by atomic mass is 32.2. The van der Waals surface area contributed by atoms with E-state index in [2.05, 4.69) is 0 Å². The Morgan fingerprint density at radius 1 is 1.33 bits per heavy atom. The van der Waals surface area contributed by atoms with Crippen LogP contribution in [0, 0.1) is 0 Å². The van der Waals surface area contributed by atoms with E-state index in [1.807, 2.05) is 5.32 Å². The monoisotopic (exact) mass is 246 g/mol. The Morgan fingerprint density at radius 3 is 2.33 bits per heavy atom. The number of nitrogens with one attached hydrogen (secondary N) is 2. The predicted molar refractivity (Wildman–Crippen MR) is 44.8 cm³/mol. The van der Waals surface area contributed by atoms with Crippen LogP contribution in [0.4, 0.5) is 18.0 Å². The number of halogens is 3. The molecule has 15 heavy (non-hydrogen) atoms. The van der Waals surface area contributed by atoms with Gasteiger partial charge >= 0.3 is 12.3 Å². The summed E-state index contributed by atoms with van der Waals surface area (Å²) in [7, 11) is -3.21. The van der Waals surface area contributed by atoms with Crippen LogP contribution in [0.5, 0.6) is 0 Å². The molecule has 0 aliphatic carbocycles. The summed E-state index contributed by atoms with van der Waals surface area (Å²) in [6.45, 7) is 0. The summed E-state index contributed by atoms with van der Waals surface area (Å²) >= 11 is 0. The van der Waals surface area contributed by atoms with Crippen molar-refractivity contribution in [1.82, 2.24) is 10.6 Å². The van der Waals surface area contributed by atoms with Crippen molar-refractivity contribution in [1.29, 1.82) is 0 Å². The zero-order chi connectivity index (χ0) is 11.7. The summed E-state index contributed by atoms with van der Waals surface area (Å²) in [5.74, 6) is -0.414. The zero-order valence-corrected chi connectivity index (χ0v) is 8.28. The van der Waals surface area contributed by atoms with E-state index < -0.39 is 28.2 Å². The Balaban J connectivity index is 2.41. The quantitative estimate of drug-likeness (QED) is 0.639. The standard InChI is InChI=1S/C6H9F3N2O3S/c7-6(8,9)11-5(12)10-4-1-2-15(13,14)3-4/h4H,1-3H2,(H2,10,11,12). The number of carbonyl (C=O) groups is 1. The van der Waals surface area contributed by atoms with Crippen molar-refractivity contribution < 1.29 is 26.4 Å². The Morgan fingerprint density at radius 2 is 1.93 bits per heavy atom. The van der Waals surface area contributed by atoms with Gasteiger partial charge in [-0.2, -0.15) is 13.2 Å². The van der Waals surface area contributed by atoms with Crippen molar-refractivity contribution in [3.05, 3.63) is 0 Å². The smallest absolute Gasteiger partial charge is 0.334 e. The third-order valence-corrected chi connectivity index (χ3v) is 3.59. The van der Waals surface area contributed by atoms with Crippen molar-refractivity contribution in [3.8, 4) is 0 Å². The second-order valence-corrected chi connectivity index (χ2v) is 5.42. The molecular formula is C6H9F3N2O3S. The molecule has 88 valence electrons. The van der Waals surface area contributed by atoms with E-state index >= 15 is 0 Å². The van der Waals surface area contributed by atoms with Gasteiger partial charge in [-0.1, -0.05) is 0 Å². The lowest BCUT2D eigenvalue weighted by molar-refractivity contribution is -0.145. The molecule has 1 unspecified atom stereocenters. The van der Waals surface area contributed by atoms with Gasteiger partial charge in [0.1, 0.15) is 0 Å². The van der Waals surface area contributed by atoms with E-state index in [-0.39, 0.29) is 17.9 Å². The topological polar surface area (TPSA) is 75.3 Å². The summed E-state index contributed by atoms with van der Waals surface area (Å²) in [5.41, 5.74) is 0. The summed E-state index contributed by atoms with van der Waals surface area (Å²) in [6, 6.07) is -2.16. The molecule has 0 radical (unpaired) electrons. The van der Waals surface area contributed by atoms with Gasteiger partial charge in [-0.15, -0.1) is 0 Å². The van der Waals surface area contributed by atoms with E-state index in [0.717, 1.165) is 5.32 Å². The minimum Gasteiger partial charge on any atom is -0.334 e. The molecule has 1 aliphatic rings. The highest BCUT2D eigenvalue weighted by molar-refractivity contribution is 7.91. The van der Waals surface area contributed by atoms with E-state index in [1.54, 1.807) is 0 Å². The predicted octanol–water partition coefficient (Wildman–Crippen LogP) is -0.00750. The van der Waals surface area contributed by atoms with Crippen molar-refractivity contribution in [2.75, 3.05) is 11.5 Å². The van der Waals surface area contributed by atoms with Crippen molar-refractivity contribution in [2.24, 2.45) is 0 Å². The number of sulfone groups is 1. The Labute approximate surface area is 83.9 Å². The average molecular weight is 246 g/mol. The summed E-state index contributed by atoms with van der Waals surface area (Å²) in [5, 5.41) is 2.67. The first-order valence-corrected chi connectivity index (χ1v) is 5.86. The van der Waals surface area contributed by atoms with Crippen LogP contribution in [0.2, 0.25) is 0 Å². The first-order valence-electron chi connectivity index (χ1n) is 4.04. The van der Waals surface area contributed by atoms with E-state index in [9.17, 15) is 26.4 Å². The van der Waals surface area contributed by atoms with Crippen LogP contribution in [-0.4, -0.2) is 38.3 Å². The van der Waals surface area contributed by atoms with Crippen LogP contribution < -0.4 is 10.6 Å². The molecule has 5 nitrogen and oxygen atoms in total. The van der Waals surface area contributed by atoms with Crippen molar-refractivity contribution in [3.63, 3.8) is 0 Å². The van der Waals surface area contributed by atoms with E-state index in [1.165, 1.54) is 0 Å². The molecular weight excluding hydrogens is 237 g/mol. The molecule has 2 N–H and O–H groups in total. The number of alkyl halides is 3. The highest BCUT2D eigenvalue weighted by Gasteiger charge is 2.33. The SMILES string of the molecule is O=C(NC1CCS(=O)(=O)C1)NC(F)(F)F. The van der Waals surface area contributed by atoms with E-state index in [4.69, 9.17) is 0 Å². The lowest BCUT2D eigenvalue weighted by Gasteiger charge is -2.13. The molecule has 0 saturated carbocycles. The largest absolute Gasteiger partial charge is 0.485 e. The van der Waals surface area contributed by atoms with Crippen LogP contribution >= 0.6 is 0 Å². The Kier molecular flexibility index (Phi) is 3.12. The molecule has 1 aliphatic heterocycles. The normalized spacial score (nSPS) is 24.9. The highest BCUT2D eigenvalue weighted by Crippen LogP contribution is 2.12. The molecule has 1 heterocycles. The molecule has 0 spiro atoms. The fourth-order valence-corrected chi connectivity index (χ4v) is 2.93. The summed E-state index contributed by atoms with van der Waals surface area (Å²) in [4.78, 5) is 10.7. The van der Waals surface area contributed by atoms with Gasteiger partial charge < -0.3 is 5.32 Å². The molecule has 9 heteroatoms. The molecule has 0 aromatic rings. The van der Waals surface area contributed by atoms with Crippen LogP contribution in [0.1, 0.15) is 6.42 Å². The summed E-state index contributed by atoms with van der Waals surface area (Å²) < 4.78 is 56.8. The third kappa shape index (κ3) is 4.36. The fraction of sp³-hybridized carbons (Fsp3) is 0.833. The fourth-order valence-electron chi connectivity index (χ4n) is 1.26. The van der Waals surface area contributed by atoms with E-state index in [0.29, 0.717) is 0 Å². The number of hydrogen-bond donors (Lipinski definition) is 2. The van der Waals surface area contributed by atoms with Crippen LogP contribution in [0.15, 0.2) is 0 Å². The number of carbonyl (C=O) groups excluding carboxylic acids is 1. The van der Waals surface area contributed by atoms with Gasteiger partial charge in [0.2, 0.25) is 0 Å². The molecule has 1 atom stereocenters. The van der Waals surface area contributed by atoms with Gasteiger partial charge in [0.15, 0.2) is 9.84 Å². The average Bonchev–Trinajstić information content (AvgIpc) is 2.25. The first-order chi connectivity index (χ1) is 6.68. The summed E-state index contributed by atoms with van der Waals surface area (Å²) in [6.07, 6.45) is -4.66. The van der Waals surface area contributed by atoms with Gasteiger partial charge in [0, 0.05) is 6.04 Å². The zero-order valence-electron chi connectivity index (χ0n) is 7.47. The minimum atomic E-state index is -4.80. The van der Waals surface area contributed by atoms with Gasteiger partial charge in [0.25, 0.3) is 0 Å². The number of rotatable bonds is 1. The second-order valence-electron chi connectivity index (χ2n) is 3.20. The molecule has 1 rings (SSSR count). The number of urea groups is 1. The maximum atomic E-state index is 11.6. The van der Waals surface area contributed by atoms with Crippen LogP contribution in [0.3, 0.4) is 0 Å². The van der Waals surface area contributed by atoms with Gasteiger partial charge in [-0.05, 0) is 6.42 Å². The third-order valence-electron chi connectivity index (χ3n) is 1.82. The molecule has 0 aromatic carbocycles. The van der Waals surface area contributed by atoms with Crippen LogP contribution in [-0.2, 0) is 9.84 Å². The number of amides is 2. The molecule has 2 amide bonds. The van der Waals surface area contributed by atoms with Gasteiger partial charge in [-0.25, -0.2) is 18.5 Å². The van der Waals surface area contributed by atoms with Crippen LogP contribution in [0.25, 0.3) is 0 Å². The minimum absolute atomic E-state index is 0.107. The molecule has 1 saturated heterocycles. The Hall–Kier alpha value is -0.990. The maximum Gasteiger partial charge on any atom is 0.485 e. The number of hydrogen-bond acceptors (Lipinski definition) is 3. The van der Waals surface area contributed by atoms with Gasteiger partial charge in [0.05, 0.1) is 11.5 Å². The molecule has 0 aromatic heterocycles. The lowest BCUT2D eigenvalue weighted by atomic mass is 10.3. The Bertz CT molecular complexity index is 351. The van der Waals surface area contributed by atoms with Gasteiger partial charge in [-0.3, -0.25) is 0 Å². The second kappa shape index (κ2) is 3.87. The molecule has 1 fully saturated rings. The maximum absolute atomic E-state index is 11.6. The van der Waals surface area contributed by atoms with Crippen molar-refractivity contribution >= 4 is 15.9 Å². The van der Waals surface area contributed by atoms with Crippen molar-refractivity contribution in [2.45, 2.75) is 18.8 Å². The molecule has 0 bridgehead atoms. The lowest BCUT2D eigenvalue weighted by Crippen LogP contribution is -2.48.